The number of fused-ring (bicyclic) bond motifs is 1. The minimum absolute atomic E-state index is 0.0277. The van der Waals surface area contributed by atoms with Crippen LogP contribution in [0, 0.1) is 5.92 Å². The van der Waals surface area contributed by atoms with Gasteiger partial charge in [0.25, 0.3) is 0 Å². The number of carboxylic acids is 1. The number of carboxylic acid groups (broad SMARTS) is 1. The molecule has 4 rings (SSSR count). The summed E-state index contributed by atoms with van der Waals surface area (Å²) in [5.74, 6) is -2.63. The van der Waals surface area contributed by atoms with Gasteiger partial charge in [0.1, 0.15) is 25.2 Å². The summed E-state index contributed by atoms with van der Waals surface area (Å²) in [5.41, 5.74) is 3.91. The standard InChI is InChI=1S/C31H32N2O7S/c1-3-4-17-40-30(36)25(29(34)35)19-21-10-13-24(14-11-21)39-18-16-33-26-15-12-23(20-27(26)41-31(33)37)28(32-38-2)22-8-6-5-7-9-22/h5-15,20,25H,3-4,16-19H2,1-2H3,(H,34,35)/b32-28+. The van der Waals surface area contributed by atoms with Crippen LogP contribution in [0.2, 0.25) is 0 Å². The van der Waals surface area contributed by atoms with Crippen LogP contribution >= 0.6 is 11.3 Å². The number of ether oxygens (including phenoxy) is 2. The lowest BCUT2D eigenvalue weighted by atomic mass is 9.99. The molecule has 3 aromatic carbocycles. The Bertz CT molecular complexity index is 1560. The van der Waals surface area contributed by atoms with E-state index in [2.05, 4.69) is 5.16 Å². The highest BCUT2D eigenvalue weighted by atomic mass is 32.1. The van der Waals surface area contributed by atoms with Crippen LogP contribution in [0.4, 0.5) is 0 Å². The Morgan fingerprint density at radius 1 is 1.00 bits per heavy atom. The Morgan fingerprint density at radius 3 is 2.44 bits per heavy atom. The molecule has 1 atom stereocenters. The number of thiazole rings is 1. The van der Waals surface area contributed by atoms with Crippen molar-refractivity contribution in [1.82, 2.24) is 4.57 Å². The Balaban J connectivity index is 1.39. The molecule has 0 saturated carbocycles. The van der Waals surface area contributed by atoms with Crippen LogP contribution < -0.4 is 9.61 Å². The van der Waals surface area contributed by atoms with Gasteiger partial charge in [0, 0.05) is 11.1 Å². The molecule has 0 aliphatic carbocycles. The van der Waals surface area contributed by atoms with Gasteiger partial charge in [-0.2, -0.15) is 0 Å². The van der Waals surface area contributed by atoms with Crippen molar-refractivity contribution < 1.29 is 29.0 Å². The Morgan fingerprint density at radius 2 is 1.76 bits per heavy atom. The van der Waals surface area contributed by atoms with E-state index in [9.17, 15) is 19.5 Å². The monoisotopic (exact) mass is 576 g/mol. The van der Waals surface area contributed by atoms with E-state index in [0.29, 0.717) is 30.0 Å². The first-order chi connectivity index (χ1) is 19.9. The van der Waals surface area contributed by atoms with Crippen LogP contribution in [0.3, 0.4) is 0 Å². The lowest BCUT2D eigenvalue weighted by molar-refractivity contribution is -0.158. The Labute approximate surface area is 241 Å². The number of hydrogen-bond donors (Lipinski definition) is 1. The highest BCUT2D eigenvalue weighted by molar-refractivity contribution is 7.16. The Kier molecular flexibility index (Phi) is 10.3. The number of hydrogen-bond acceptors (Lipinski definition) is 8. The molecule has 0 spiro atoms. The van der Waals surface area contributed by atoms with Crippen molar-refractivity contribution in [2.24, 2.45) is 11.1 Å². The molecule has 0 amide bonds. The van der Waals surface area contributed by atoms with Crippen molar-refractivity contribution in [3.05, 3.63) is 99.2 Å². The molecule has 9 nitrogen and oxygen atoms in total. The van der Waals surface area contributed by atoms with Crippen LogP contribution in [-0.2, 0) is 32.1 Å². The number of rotatable bonds is 14. The number of aromatic nitrogens is 1. The molecule has 1 aromatic heterocycles. The predicted octanol–water partition coefficient (Wildman–Crippen LogP) is 5.13. The van der Waals surface area contributed by atoms with Crippen molar-refractivity contribution in [2.75, 3.05) is 20.3 Å². The third-order valence-corrected chi connectivity index (χ3v) is 7.39. The summed E-state index contributed by atoms with van der Waals surface area (Å²) in [4.78, 5) is 41.6. The maximum Gasteiger partial charge on any atom is 0.320 e. The summed E-state index contributed by atoms with van der Waals surface area (Å²) in [5, 5.41) is 13.7. The largest absolute Gasteiger partial charge is 0.492 e. The van der Waals surface area contributed by atoms with Crippen molar-refractivity contribution in [3.8, 4) is 5.75 Å². The van der Waals surface area contributed by atoms with Gasteiger partial charge in [-0.3, -0.25) is 19.0 Å². The van der Waals surface area contributed by atoms with E-state index in [1.165, 1.54) is 7.11 Å². The van der Waals surface area contributed by atoms with E-state index in [1.807, 2.05) is 55.5 Å². The second-order valence-electron chi connectivity index (χ2n) is 9.30. The van der Waals surface area contributed by atoms with Crippen LogP contribution in [0.5, 0.6) is 5.75 Å². The van der Waals surface area contributed by atoms with Gasteiger partial charge in [0.2, 0.25) is 0 Å². The van der Waals surface area contributed by atoms with Gasteiger partial charge in [0.05, 0.1) is 23.4 Å². The van der Waals surface area contributed by atoms with E-state index >= 15 is 0 Å². The zero-order chi connectivity index (χ0) is 29.2. The van der Waals surface area contributed by atoms with E-state index in [1.54, 1.807) is 28.8 Å². The summed E-state index contributed by atoms with van der Waals surface area (Å²) < 4.78 is 13.5. The molecule has 4 aromatic rings. The summed E-state index contributed by atoms with van der Waals surface area (Å²) in [7, 11) is 1.50. The second kappa shape index (κ2) is 14.3. The van der Waals surface area contributed by atoms with E-state index in [-0.39, 0.29) is 24.5 Å². The zero-order valence-corrected chi connectivity index (χ0v) is 23.8. The third-order valence-electron chi connectivity index (χ3n) is 6.44. The van der Waals surface area contributed by atoms with Gasteiger partial charge in [-0.25, -0.2) is 0 Å². The zero-order valence-electron chi connectivity index (χ0n) is 22.9. The first-order valence-corrected chi connectivity index (χ1v) is 14.1. The molecule has 0 fully saturated rings. The quantitative estimate of drug-likeness (QED) is 0.0728. The van der Waals surface area contributed by atoms with E-state index in [0.717, 1.165) is 39.1 Å². The first-order valence-electron chi connectivity index (χ1n) is 13.3. The van der Waals surface area contributed by atoms with Gasteiger partial charge in [-0.05, 0) is 42.7 Å². The van der Waals surface area contributed by atoms with Crippen LogP contribution in [0.25, 0.3) is 10.2 Å². The van der Waals surface area contributed by atoms with Crippen molar-refractivity contribution in [3.63, 3.8) is 0 Å². The average molecular weight is 577 g/mol. The average Bonchev–Trinajstić information content (AvgIpc) is 3.29. The molecule has 214 valence electrons. The highest BCUT2D eigenvalue weighted by Gasteiger charge is 2.28. The fraction of sp³-hybridized carbons (Fsp3) is 0.290. The molecule has 1 N–H and O–H groups in total. The van der Waals surface area contributed by atoms with Crippen molar-refractivity contribution >= 4 is 39.2 Å². The predicted molar refractivity (Wildman–Crippen MR) is 158 cm³/mol. The number of carbonyl (C=O) groups excluding carboxylic acids is 1. The van der Waals surface area contributed by atoms with Gasteiger partial charge in [-0.15, -0.1) is 0 Å². The number of aliphatic carboxylic acids is 1. The molecule has 1 unspecified atom stereocenters. The van der Waals surface area contributed by atoms with Crippen molar-refractivity contribution in [2.45, 2.75) is 32.7 Å². The normalized spacial score (nSPS) is 12.2. The van der Waals surface area contributed by atoms with Crippen LogP contribution in [0.1, 0.15) is 36.5 Å². The summed E-state index contributed by atoms with van der Waals surface area (Å²) in [6, 6.07) is 22.3. The number of esters is 1. The summed E-state index contributed by atoms with van der Waals surface area (Å²) >= 11 is 1.16. The first kappa shape index (κ1) is 29.5. The number of nitrogens with zero attached hydrogens (tertiary/aromatic N) is 2. The lowest BCUT2D eigenvalue weighted by Crippen LogP contribution is -2.28. The molecule has 0 aliphatic heterocycles. The molecule has 0 radical (unpaired) electrons. The minimum Gasteiger partial charge on any atom is -0.492 e. The molecule has 0 saturated heterocycles. The van der Waals surface area contributed by atoms with Gasteiger partial charge < -0.3 is 19.4 Å². The van der Waals surface area contributed by atoms with Gasteiger partial charge >= 0.3 is 16.8 Å². The molecular weight excluding hydrogens is 544 g/mol. The van der Waals surface area contributed by atoms with Gasteiger partial charge in [0.15, 0.2) is 5.92 Å². The van der Waals surface area contributed by atoms with E-state index < -0.39 is 17.9 Å². The molecule has 0 bridgehead atoms. The van der Waals surface area contributed by atoms with Gasteiger partial charge in [-0.1, -0.05) is 78.4 Å². The number of oxime groups is 1. The van der Waals surface area contributed by atoms with Crippen molar-refractivity contribution in [1.29, 1.82) is 0 Å². The SMILES string of the molecule is CCCCOC(=O)C(Cc1ccc(OCCn2c(=O)sc3cc(/C(=N/OC)c4ccccc4)ccc32)cc1)C(=O)O. The minimum atomic E-state index is -1.26. The smallest absolute Gasteiger partial charge is 0.320 e. The number of benzene rings is 3. The van der Waals surface area contributed by atoms with Crippen LogP contribution in [0.15, 0.2) is 82.7 Å². The number of unbranched alkanes of at least 4 members (excludes halogenated alkanes) is 1. The maximum atomic E-state index is 12.8. The molecule has 0 aliphatic rings. The topological polar surface area (TPSA) is 116 Å². The van der Waals surface area contributed by atoms with E-state index in [4.69, 9.17) is 14.3 Å². The summed E-state index contributed by atoms with van der Waals surface area (Å²) in [6.07, 6.45) is 1.57. The Hall–Kier alpha value is -4.44. The molecule has 1 heterocycles. The second-order valence-corrected chi connectivity index (χ2v) is 10.3. The third kappa shape index (κ3) is 7.61. The lowest BCUT2D eigenvalue weighted by Gasteiger charge is -2.13. The highest BCUT2D eigenvalue weighted by Crippen LogP contribution is 2.22. The maximum absolute atomic E-state index is 12.8. The molecular formula is C31H32N2O7S. The number of carbonyl (C=O) groups is 2. The fourth-order valence-corrected chi connectivity index (χ4v) is 5.24. The summed E-state index contributed by atoms with van der Waals surface area (Å²) in [6.45, 7) is 2.79. The fourth-order valence-electron chi connectivity index (χ4n) is 4.29. The molecule has 41 heavy (non-hydrogen) atoms. The molecule has 10 heteroatoms. The van der Waals surface area contributed by atoms with Crippen LogP contribution in [-0.4, -0.2) is 47.6 Å².